The standard InChI is InChI=1S/C69H71NO12/c1-48(2)47-69(55-21-29-65(61(45-55)67(71)72)81-41-39-79-37-35-77-33-31-75-3)63-43-53(50-13-9-6-10-14-50)19-27-59(63)60-28-20-54(44-64(60)69)52-17-24-57(25-18-52)70(56-22-15-51(16-23-56)49-11-7-5-8-12-49)58-26-30-66(62(46-58)68(73)74)82-42-40-80-38-36-78-34-32-76-4/h5-30,43-46,48H,31-42,47H2,1-4H3,(H,71,72)(H,73,74)/p-2. The van der Waals surface area contributed by atoms with Crippen molar-refractivity contribution in [3.63, 3.8) is 0 Å². The highest BCUT2D eigenvalue weighted by atomic mass is 16.6. The molecular formula is C69H69NO12-2. The average molecular weight is 1100 g/mol. The number of carbonyl (C=O) groups is 2. The number of benzene rings is 8. The van der Waals surface area contributed by atoms with E-state index in [1.165, 1.54) is 0 Å². The topological polar surface area (TPSA) is 157 Å². The van der Waals surface area contributed by atoms with Crippen LogP contribution in [0.2, 0.25) is 0 Å². The molecule has 8 aromatic carbocycles. The van der Waals surface area contributed by atoms with Crippen molar-refractivity contribution in [2.45, 2.75) is 25.7 Å². The van der Waals surface area contributed by atoms with E-state index in [2.05, 4.69) is 98.8 Å². The Balaban J connectivity index is 1.07. The Hall–Kier alpha value is -8.14. The van der Waals surface area contributed by atoms with Crippen molar-refractivity contribution in [2.75, 3.05) is 98.4 Å². The lowest BCUT2D eigenvalue weighted by Gasteiger charge is -2.36. The van der Waals surface area contributed by atoms with Crippen molar-refractivity contribution < 1.29 is 57.7 Å². The minimum atomic E-state index is -1.37. The summed E-state index contributed by atoms with van der Waals surface area (Å²) in [5.41, 5.74) is 12.4. The van der Waals surface area contributed by atoms with Gasteiger partial charge in [0.05, 0.1) is 78.0 Å². The number of anilines is 3. The van der Waals surface area contributed by atoms with E-state index >= 15 is 0 Å². The van der Waals surface area contributed by atoms with Gasteiger partial charge in [-0.1, -0.05) is 129 Å². The van der Waals surface area contributed by atoms with Crippen molar-refractivity contribution in [2.24, 2.45) is 5.92 Å². The van der Waals surface area contributed by atoms with Crippen molar-refractivity contribution in [3.05, 3.63) is 210 Å². The summed E-state index contributed by atoms with van der Waals surface area (Å²) in [6, 6.07) is 60.5. The number of carboxylic acids is 2. The van der Waals surface area contributed by atoms with E-state index < -0.39 is 17.4 Å². The Bertz CT molecular complexity index is 3370. The number of methoxy groups -OCH3 is 2. The maximum Gasteiger partial charge on any atom is 0.128 e. The van der Waals surface area contributed by atoms with Crippen molar-refractivity contribution >= 4 is 29.0 Å². The number of fused-ring (bicyclic) bond motifs is 3. The number of hydrogen-bond donors (Lipinski definition) is 0. The largest absolute Gasteiger partial charge is 0.545 e. The van der Waals surface area contributed by atoms with Crippen LogP contribution in [0, 0.1) is 5.92 Å². The number of carbonyl (C=O) groups excluding carboxylic acids is 2. The van der Waals surface area contributed by atoms with E-state index in [1.54, 1.807) is 38.5 Å². The number of rotatable bonds is 31. The molecule has 0 amide bonds. The number of nitrogens with zero attached hydrogens (tertiary/aromatic N) is 1. The second kappa shape index (κ2) is 28.5. The van der Waals surface area contributed by atoms with Crippen LogP contribution in [-0.4, -0.2) is 105 Å². The Morgan fingerprint density at radius 1 is 0.415 bits per heavy atom. The molecule has 0 fully saturated rings. The summed E-state index contributed by atoms with van der Waals surface area (Å²) in [7, 11) is 3.23. The molecule has 0 N–H and O–H groups in total. The van der Waals surface area contributed by atoms with Gasteiger partial charge in [-0.15, -0.1) is 0 Å². The molecule has 13 nitrogen and oxygen atoms in total. The van der Waals surface area contributed by atoms with Crippen LogP contribution in [0.25, 0.3) is 44.5 Å². The van der Waals surface area contributed by atoms with E-state index in [0.29, 0.717) is 65.0 Å². The maximum absolute atomic E-state index is 13.1. The van der Waals surface area contributed by atoms with Gasteiger partial charge in [-0.25, -0.2) is 0 Å². The van der Waals surface area contributed by atoms with Gasteiger partial charge in [0, 0.05) is 47.8 Å². The normalized spacial score (nSPS) is 13.4. The lowest BCUT2D eigenvalue weighted by molar-refractivity contribution is -0.256. The van der Waals surface area contributed by atoms with Crippen LogP contribution < -0.4 is 24.6 Å². The molecule has 8 aromatic rings. The molecule has 9 rings (SSSR count). The molecule has 0 aliphatic heterocycles. The molecule has 424 valence electrons. The van der Waals surface area contributed by atoms with E-state index in [0.717, 1.165) is 72.6 Å². The Morgan fingerprint density at radius 2 is 0.793 bits per heavy atom. The predicted molar refractivity (Wildman–Crippen MR) is 315 cm³/mol. The summed E-state index contributed by atoms with van der Waals surface area (Å²) in [5.74, 6) is -2.18. The van der Waals surface area contributed by atoms with E-state index in [-0.39, 0.29) is 55.0 Å². The van der Waals surface area contributed by atoms with Gasteiger partial charge in [0.15, 0.2) is 0 Å². The highest BCUT2D eigenvalue weighted by Crippen LogP contribution is 2.57. The molecule has 1 unspecified atom stereocenters. The molecule has 0 radical (unpaired) electrons. The Kier molecular flexibility index (Phi) is 20.3. The summed E-state index contributed by atoms with van der Waals surface area (Å²) < 4.78 is 44.4. The molecule has 1 atom stereocenters. The zero-order valence-corrected chi connectivity index (χ0v) is 46.9. The van der Waals surface area contributed by atoms with E-state index in [9.17, 15) is 19.8 Å². The van der Waals surface area contributed by atoms with E-state index in [1.807, 2.05) is 77.7 Å². The van der Waals surface area contributed by atoms with Crippen LogP contribution in [0.4, 0.5) is 17.1 Å². The number of aromatic carboxylic acids is 2. The molecule has 1 aliphatic carbocycles. The summed E-state index contributed by atoms with van der Waals surface area (Å²) >= 11 is 0. The Morgan fingerprint density at radius 3 is 1.24 bits per heavy atom. The van der Waals surface area contributed by atoms with Crippen molar-refractivity contribution in [3.8, 4) is 56.0 Å². The molecule has 0 spiro atoms. The zero-order valence-electron chi connectivity index (χ0n) is 46.9. The van der Waals surface area contributed by atoms with E-state index in [4.69, 9.17) is 37.9 Å². The lowest BCUT2D eigenvalue weighted by Crippen LogP contribution is -2.30. The van der Waals surface area contributed by atoms with Crippen LogP contribution in [0.15, 0.2) is 182 Å². The minimum Gasteiger partial charge on any atom is -0.545 e. The van der Waals surface area contributed by atoms with Gasteiger partial charge < -0.3 is 62.6 Å². The first-order chi connectivity index (χ1) is 40.1. The summed E-state index contributed by atoms with van der Waals surface area (Å²) in [6.07, 6.45) is 0.662. The highest BCUT2D eigenvalue weighted by Gasteiger charge is 2.46. The monoisotopic (exact) mass is 1100 g/mol. The molecule has 13 heteroatoms. The summed E-state index contributed by atoms with van der Waals surface area (Å²) in [5, 5.41) is 25.9. The van der Waals surface area contributed by atoms with Gasteiger partial charge in [0.1, 0.15) is 24.7 Å². The summed E-state index contributed by atoms with van der Waals surface area (Å²) in [6.45, 7) is 8.56. The van der Waals surface area contributed by atoms with Crippen LogP contribution in [0.5, 0.6) is 11.5 Å². The Labute approximate surface area is 480 Å². The quantitative estimate of drug-likeness (QED) is 0.0379. The SMILES string of the molecule is COCCOCCOCCOc1ccc(N(c2ccc(-c3ccccc3)cc2)c2ccc(-c3ccc4c(c3)C(CC(C)C)(c3ccc(OCCOCCOCCOC)c(C(=O)[O-])c3)c3cc(-c5ccccc5)ccc3-4)cc2)cc1C(=O)[O-]. The first-order valence-corrected chi connectivity index (χ1v) is 27.8. The molecule has 0 saturated carbocycles. The minimum absolute atomic E-state index is 0.0428. The number of hydrogen-bond acceptors (Lipinski definition) is 13. The number of ether oxygens (including phenoxy) is 8. The first kappa shape index (κ1) is 58.5. The summed E-state index contributed by atoms with van der Waals surface area (Å²) in [4.78, 5) is 28.0. The fourth-order valence-corrected chi connectivity index (χ4v) is 10.7. The molecule has 1 aliphatic rings. The fraction of sp³-hybridized carbons (Fsp3) is 0.275. The van der Waals surface area contributed by atoms with Crippen molar-refractivity contribution in [1.29, 1.82) is 0 Å². The smallest absolute Gasteiger partial charge is 0.128 e. The second-order valence-electron chi connectivity index (χ2n) is 20.3. The van der Waals surface area contributed by atoms with Crippen LogP contribution in [0.3, 0.4) is 0 Å². The maximum atomic E-state index is 13.1. The first-order valence-electron chi connectivity index (χ1n) is 27.8. The third-order valence-electron chi connectivity index (χ3n) is 14.5. The van der Waals surface area contributed by atoms with Gasteiger partial charge >= 0.3 is 0 Å². The van der Waals surface area contributed by atoms with Gasteiger partial charge in [0.25, 0.3) is 0 Å². The molecule has 0 heterocycles. The molecule has 0 aromatic heterocycles. The average Bonchev–Trinajstić information content (AvgIpc) is 3.02. The van der Waals surface area contributed by atoms with Crippen LogP contribution in [0.1, 0.15) is 57.7 Å². The zero-order chi connectivity index (χ0) is 57.3. The lowest BCUT2D eigenvalue weighted by atomic mass is 9.67. The van der Waals surface area contributed by atoms with Gasteiger partial charge in [0.2, 0.25) is 0 Å². The van der Waals surface area contributed by atoms with Gasteiger partial charge in [-0.2, -0.15) is 0 Å². The second-order valence-corrected chi connectivity index (χ2v) is 20.3. The molecular weight excluding hydrogens is 1030 g/mol. The van der Waals surface area contributed by atoms with Gasteiger partial charge in [-0.05, 0) is 140 Å². The van der Waals surface area contributed by atoms with Crippen LogP contribution in [-0.2, 0) is 33.8 Å². The third-order valence-corrected chi connectivity index (χ3v) is 14.5. The number of carboxylic acid groups (broad SMARTS) is 2. The fourth-order valence-electron chi connectivity index (χ4n) is 10.7. The molecule has 0 bridgehead atoms. The van der Waals surface area contributed by atoms with Crippen LogP contribution >= 0.6 is 0 Å². The predicted octanol–water partition coefficient (Wildman–Crippen LogP) is 11.4. The third kappa shape index (κ3) is 13.9. The van der Waals surface area contributed by atoms with Crippen molar-refractivity contribution in [1.82, 2.24) is 0 Å². The molecule has 0 saturated heterocycles. The highest BCUT2D eigenvalue weighted by molar-refractivity contribution is 5.94. The molecule has 82 heavy (non-hydrogen) atoms. The van der Waals surface area contributed by atoms with Gasteiger partial charge in [-0.3, -0.25) is 0 Å².